The fraction of sp³-hybridized carbons (Fsp3) is 0.421. The van der Waals surface area contributed by atoms with E-state index in [0.29, 0.717) is 37.3 Å². The molecule has 1 N–H and O–H groups in total. The number of nitrogens with zero attached hydrogens (tertiary/aromatic N) is 3. The Morgan fingerprint density at radius 1 is 1.19 bits per heavy atom. The maximum atomic E-state index is 14.5. The van der Waals surface area contributed by atoms with Gasteiger partial charge >= 0.3 is 6.09 Å². The van der Waals surface area contributed by atoms with Gasteiger partial charge in [0, 0.05) is 30.7 Å². The third-order valence-corrected chi connectivity index (χ3v) is 5.22. The summed E-state index contributed by atoms with van der Waals surface area (Å²) in [6.07, 6.45) is 4.80. The van der Waals surface area contributed by atoms with Crippen LogP contribution in [0.1, 0.15) is 36.0 Å². The summed E-state index contributed by atoms with van der Waals surface area (Å²) in [6.45, 7) is 0.824. The Hall–Kier alpha value is -2.90. The molecule has 2 fully saturated rings. The monoisotopic (exact) mass is 373 g/mol. The maximum absolute atomic E-state index is 14.5. The number of hydrogen-bond acceptors (Lipinski definition) is 4. The van der Waals surface area contributed by atoms with Crippen molar-refractivity contribution in [1.82, 2.24) is 14.8 Å². The number of benzene rings is 1. The largest absolute Gasteiger partial charge is 0.465 e. The lowest BCUT2D eigenvalue weighted by Gasteiger charge is -2.38. The van der Waals surface area contributed by atoms with Crippen LogP contribution in [0, 0.1) is 5.82 Å². The molecule has 0 spiro atoms. The molecule has 27 heavy (non-hydrogen) atoms. The number of halogens is 1. The molecule has 4 rings (SSSR count). The zero-order valence-corrected chi connectivity index (χ0v) is 14.7. The molecule has 2 aromatic rings. The first-order valence-corrected chi connectivity index (χ1v) is 9.03. The molecule has 2 amide bonds. The first-order valence-electron chi connectivity index (χ1n) is 9.03. The number of piperidine rings is 1. The van der Waals surface area contributed by atoms with Crippen LogP contribution in [0.2, 0.25) is 0 Å². The molecular formula is C19H20FN3O4. The number of carboxylic acid groups (broad SMARTS) is 1. The Morgan fingerprint density at radius 2 is 1.89 bits per heavy atom. The number of likely N-dealkylation sites (tertiary alicyclic amines) is 1. The molecule has 0 bridgehead atoms. The zero-order chi connectivity index (χ0) is 19.0. The van der Waals surface area contributed by atoms with E-state index < -0.39 is 11.9 Å². The lowest BCUT2D eigenvalue weighted by molar-refractivity contribution is 0.0550. The van der Waals surface area contributed by atoms with Crippen molar-refractivity contribution < 1.29 is 23.5 Å². The van der Waals surface area contributed by atoms with Crippen LogP contribution in [-0.2, 0) is 0 Å². The average molecular weight is 373 g/mol. The normalized spacial score (nSPS) is 17.7. The van der Waals surface area contributed by atoms with Crippen LogP contribution in [-0.4, -0.2) is 57.1 Å². The second-order valence-corrected chi connectivity index (χ2v) is 7.00. The standard InChI is InChI=1S/C19H20FN3O4/c20-16-9-12(1-4-15(16)17-10-21-11-27-17)18(24)23(13-2-3-13)14-5-7-22(8-6-14)19(25)26/h1,4,9-11,13-14H,2-3,5-8H2,(H,25,26). The van der Waals surface area contributed by atoms with E-state index in [1.54, 1.807) is 6.07 Å². The van der Waals surface area contributed by atoms with E-state index in [4.69, 9.17) is 9.52 Å². The first kappa shape index (κ1) is 17.5. The molecule has 1 aliphatic heterocycles. The lowest BCUT2D eigenvalue weighted by atomic mass is 10.0. The molecule has 1 aromatic heterocycles. The highest BCUT2D eigenvalue weighted by atomic mass is 19.1. The summed E-state index contributed by atoms with van der Waals surface area (Å²) < 4.78 is 19.6. The van der Waals surface area contributed by atoms with Gasteiger partial charge in [-0.25, -0.2) is 14.2 Å². The maximum Gasteiger partial charge on any atom is 0.407 e. The van der Waals surface area contributed by atoms with Crippen molar-refractivity contribution in [2.75, 3.05) is 13.1 Å². The Balaban J connectivity index is 1.53. The molecule has 142 valence electrons. The summed E-state index contributed by atoms with van der Waals surface area (Å²) >= 11 is 0. The SMILES string of the molecule is O=C(O)N1CCC(N(C(=O)c2ccc(-c3cnco3)c(F)c2)C2CC2)CC1. The third kappa shape index (κ3) is 3.51. The highest BCUT2D eigenvalue weighted by molar-refractivity contribution is 5.95. The van der Waals surface area contributed by atoms with E-state index in [-0.39, 0.29) is 23.6 Å². The Morgan fingerprint density at radius 3 is 2.44 bits per heavy atom. The van der Waals surface area contributed by atoms with E-state index in [0.717, 1.165) is 12.8 Å². The van der Waals surface area contributed by atoms with Crippen molar-refractivity contribution in [2.24, 2.45) is 0 Å². The summed E-state index contributed by atoms with van der Waals surface area (Å²) in [5.74, 6) is -0.421. The molecule has 1 aliphatic carbocycles. The van der Waals surface area contributed by atoms with E-state index in [2.05, 4.69) is 4.98 Å². The Bertz CT molecular complexity index is 843. The molecule has 1 aromatic carbocycles. The summed E-state index contributed by atoms with van der Waals surface area (Å²) in [5, 5.41) is 9.10. The van der Waals surface area contributed by atoms with Crippen LogP contribution < -0.4 is 0 Å². The number of carbonyl (C=O) groups is 2. The zero-order valence-electron chi connectivity index (χ0n) is 14.7. The molecule has 0 unspecified atom stereocenters. The fourth-order valence-corrected chi connectivity index (χ4v) is 3.66. The van der Waals surface area contributed by atoms with Crippen molar-refractivity contribution >= 4 is 12.0 Å². The summed E-state index contributed by atoms with van der Waals surface area (Å²) in [5.41, 5.74) is 0.556. The number of hydrogen-bond donors (Lipinski definition) is 1. The van der Waals surface area contributed by atoms with Crippen LogP contribution in [0.25, 0.3) is 11.3 Å². The van der Waals surface area contributed by atoms with Gasteiger partial charge < -0.3 is 19.3 Å². The van der Waals surface area contributed by atoms with E-state index in [1.165, 1.54) is 29.6 Å². The minimum absolute atomic E-state index is 0.0161. The van der Waals surface area contributed by atoms with E-state index in [1.807, 2.05) is 4.90 Å². The molecule has 7 nitrogen and oxygen atoms in total. The average Bonchev–Trinajstić information content (AvgIpc) is 3.34. The van der Waals surface area contributed by atoms with Crippen LogP contribution in [0.3, 0.4) is 0 Å². The van der Waals surface area contributed by atoms with Gasteiger partial charge in [-0.2, -0.15) is 0 Å². The number of amides is 2. The number of rotatable bonds is 4. The molecule has 1 saturated carbocycles. The minimum Gasteiger partial charge on any atom is -0.465 e. The summed E-state index contributed by atoms with van der Waals surface area (Å²) in [6, 6.07) is 4.52. The highest BCUT2D eigenvalue weighted by Crippen LogP contribution is 2.34. The molecule has 2 heterocycles. The van der Waals surface area contributed by atoms with Gasteiger partial charge in [-0.05, 0) is 43.9 Å². The molecule has 0 radical (unpaired) electrons. The van der Waals surface area contributed by atoms with E-state index >= 15 is 0 Å². The number of oxazole rings is 1. The summed E-state index contributed by atoms with van der Waals surface area (Å²) in [4.78, 5) is 31.2. The predicted molar refractivity (Wildman–Crippen MR) is 93.7 cm³/mol. The van der Waals surface area contributed by atoms with Gasteiger partial charge in [0.05, 0.1) is 11.8 Å². The van der Waals surface area contributed by atoms with Crippen molar-refractivity contribution in [1.29, 1.82) is 0 Å². The molecule has 2 aliphatic rings. The Kier molecular flexibility index (Phi) is 4.55. The summed E-state index contributed by atoms with van der Waals surface area (Å²) in [7, 11) is 0. The third-order valence-electron chi connectivity index (χ3n) is 5.22. The van der Waals surface area contributed by atoms with Crippen LogP contribution in [0.4, 0.5) is 9.18 Å². The van der Waals surface area contributed by atoms with Gasteiger partial charge in [-0.1, -0.05) is 0 Å². The fourth-order valence-electron chi connectivity index (χ4n) is 3.66. The van der Waals surface area contributed by atoms with Crippen molar-refractivity contribution in [3.63, 3.8) is 0 Å². The molecule has 1 saturated heterocycles. The van der Waals surface area contributed by atoms with Gasteiger partial charge in [0.25, 0.3) is 5.91 Å². The highest BCUT2D eigenvalue weighted by Gasteiger charge is 2.39. The second-order valence-electron chi connectivity index (χ2n) is 7.00. The number of carbonyl (C=O) groups excluding carboxylic acids is 1. The van der Waals surface area contributed by atoms with Gasteiger partial charge in [0.15, 0.2) is 12.2 Å². The van der Waals surface area contributed by atoms with Crippen LogP contribution >= 0.6 is 0 Å². The first-order chi connectivity index (χ1) is 13.0. The lowest BCUT2D eigenvalue weighted by Crippen LogP contribution is -2.49. The molecule has 8 heteroatoms. The van der Waals surface area contributed by atoms with Crippen molar-refractivity contribution in [3.05, 3.63) is 42.2 Å². The van der Waals surface area contributed by atoms with Gasteiger partial charge in [0.2, 0.25) is 0 Å². The van der Waals surface area contributed by atoms with E-state index in [9.17, 15) is 14.0 Å². The van der Waals surface area contributed by atoms with Gasteiger partial charge in [0.1, 0.15) is 5.82 Å². The molecular weight excluding hydrogens is 353 g/mol. The van der Waals surface area contributed by atoms with Crippen LogP contribution in [0.5, 0.6) is 0 Å². The second kappa shape index (κ2) is 7.02. The van der Waals surface area contributed by atoms with Crippen LogP contribution in [0.15, 0.2) is 35.2 Å². The van der Waals surface area contributed by atoms with Gasteiger partial charge in [-0.15, -0.1) is 0 Å². The van der Waals surface area contributed by atoms with Crippen molar-refractivity contribution in [2.45, 2.75) is 37.8 Å². The topological polar surface area (TPSA) is 86.9 Å². The van der Waals surface area contributed by atoms with Gasteiger partial charge in [-0.3, -0.25) is 4.79 Å². The Labute approximate surface area is 155 Å². The number of aromatic nitrogens is 1. The quantitative estimate of drug-likeness (QED) is 0.889. The van der Waals surface area contributed by atoms with Crippen molar-refractivity contribution in [3.8, 4) is 11.3 Å². The molecule has 0 atom stereocenters. The predicted octanol–water partition coefficient (Wildman–Crippen LogP) is 3.23. The minimum atomic E-state index is -0.928. The smallest absolute Gasteiger partial charge is 0.407 e.